The SMILES string of the molecule is Cc1ccc(CNc2ccc(C(F)(F)F)nc2)cc1Cl. The highest BCUT2D eigenvalue weighted by Gasteiger charge is 2.31. The van der Waals surface area contributed by atoms with Crippen molar-refractivity contribution in [3.05, 3.63) is 58.4 Å². The Morgan fingerprint density at radius 3 is 2.50 bits per heavy atom. The van der Waals surface area contributed by atoms with Gasteiger partial charge in [0.15, 0.2) is 0 Å². The molecule has 0 bridgehead atoms. The van der Waals surface area contributed by atoms with Crippen molar-refractivity contribution in [1.29, 1.82) is 0 Å². The summed E-state index contributed by atoms with van der Waals surface area (Å²) in [5.74, 6) is 0. The standard InChI is InChI=1S/C14H12ClF3N2/c1-9-2-3-10(6-12(9)15)7-19-11-4-5-13(20-8-11)14(16,17)18/h2-6,8,19H,7H2,1H3. The van der Waals surface area contributed by atoms with Gasteiger partial charge in [0, 0.05) is 11.6 Å². The summed E-state index contributed by atoms with van der Waals surface area (Å²) in [5, 5.41) is 3.66. The molecule has 2 nitrogen and oxygen atoms in total. The van der Waals surface area contributed by atoms with Gasteiger partial charge in [0.2, 0.25) is 0 Å². The zero-order chi connectivity index (χ0) is 14.8. The Balaban J connectivity index is 2.02. The van der Waals surface area contributed by atoms with Crippen LogP contribution < -0.4 is 5.32 Å². The first-order valence-corrected chi connectivity index (χ1v) is 6.26. The van der Waals surface area contributed by atoms with Crippen LogP contribution in [-0.2, 0) is 12.7 Å². The minimum absolute atomic E-state index is 0.465. The highest BCUT2D eigenvalue weighted by atomic mass is 35.5. The van der Waals surface area contributed by atoms with Crippen molar-refractivity contribution >= 4 is 17.3 Å². The zero-order valence-electron chi connectivity index (χ0n) is 10.6. The number of pyridine rings is 1. The van der Waals surface area contributed by atoms with Crippen LogP contribution in [0.25, 0.3) is 0 Å². The highest BCUT2D eigenvalue weighted by molar-refractivity contribution is 6.31. The van der Waals surface area contributed by atoms with E-state index in [-0.39, 0.29) is 0 Å². The second-order valence-electron chi connectivity index (χ2n) is 4.37. The van der Waals surface area contributed by atoms with Crippen LogP contribution in [0.5, 0.6) is 0 Å². The Morgan fingerprint density at radius 1 is 1.20 bits per heavy atom. The minimum Gasteiger partial charge on any atom is -0.380 e. The van der Waals surface area contributed by atoms with Crippen LogP contribution in [0, 0.1) is 6.92 Å². The van der Waals surface area contributed by atoms with Gasteiger partial charge in [-0.1, -0.05) is 23.7 Å². The number of hydrogen-bond donors (Lipinski definition) is 1. The van der Waals surface area contributed by atoms with Crippen molar-refractivity contribution in [1.82, 2.24) is 4.98 Å². The number of rotatable bonds is 3. The van der Waals surface area contributed by atoms with Gasteiger partial charge in [-0.05, 0) is 36.2 Å². The summed E-state index contributed by atoms with van der Waals surface area (Å²) in [4.78, 5) is 3.38. The first-order chi connectivity index (χ1) is 9.36. The summed E-state index contributed by atoms with van der Waals surface area (Å²) >= 11 is 6.00. The topological polar surface area (TPSA) is 24.9 Å². The molecule has 106 valence electrons. The summed E-state index contributed by atoms with van der Waals surface area (Å²) in [6, 6.07) is 7.92. The van der Waals surface area contributed by atoms with E-state index in [1.54, 1.807) is 0 Å². The third-order valence-electron chi connectivity index (χ3n) is 2.79. The van der Waals surface area contributed by atoms with Crippen LogP contribution in [0.1, 0.15) is 16.8 Å². The Kier molecular flexibility index (Phi) is 4.18. The molecule has 6 heteroatoms. The Bertz CT molecular complexity index is 594. The molecular formula is C14H12ClF3N2. The van der Waals surface area contributed by atoms with Gasteiger partial charge in [-0.15, -0.1) is 0 Å². The summed E-state index contributed by atoms with van der Waals surface area (Å²) in [7, 11) is 0. The summed E-state index contributed by atoms with van der Waals surface area (Å²) < 4.78 is 37.1. The monoisotopic (exact) mass is 300 g/mol. The Hall–Kier alpha value is -1.75. The number of aromatic nitrogens is 1. The normalized spacial score (nSPS) is 11.4. The van der Waals surface area contributed by atoms with E-state index in [4.69, 9.17) is 11.6 Å². The highest BCUT2D eigenvalue weighted by Crippen LogP contribution is 2.27. The number of anilines is 1. The van der Waals surface area contributed by atoms with Gasteiger partial charge in [0.1, 0.15) is 5.69 Å². The molecule has 0 aliphatic rings. The van der Waals surface area contributed by atoms with Crippen LogP contribution in [0.2, 0.25) is 5.02 Å². The molecule has 0 saturated heterocycles. The smallest absolute Gasteiger partial charge is 0.380 e. The fraction of sp³-hybridized carbons (Fsp3) is 0.214. The fourth-order valence-corrected chi connectivity index (χ4v) is 1.82. The molecule has 20 heavy (non-hydrogen) atoms. The molecule has 0 aliphatic carbocycles. The van der Waals surface area contributed by atoms with E-state index < -0.39 is 11.9 Å². The number of benzene rings is 1. The fourth-order valence-electron chi connectivity index (χ4n) is 1.62. The molecule has 0 fully saturated rings. The van der Waals surface area contributed by atoms with Crippen molar-refractivity contribution in [2.24, 2.45) is 0 Å². The zero-order valence-corrected chi connectivity index (χ0v) is 11.4. The van der Waals surface area contributed by atoms with Crippen molar-refractivity contribution in [3.8, 4) is 0 Å². The number of alkyl halides is 3. The van der Waals surface area contributed by atoms with Crippen molar-refractivity contribution < 1.29 is 13.2 Å². The number of nitrogens with zero attached hydrogens (tertiary/aromatic N) is 1. The maximum absolute atomic E-state index is 12.4. The number of halogens is 4. The van der Waals surface area contributed by atoms with Gasteiger partial charge in [-0.3, -0.25) is 0 Å². The van der Waals surface area contributed by atoms with Crippen LogP contribution in [0.3, 0.4) is 0 Å². The van der Waals surface area contributed by atoms with Gasteiger partial charge >= 0.3 is 6.18 Å². The van der Waals surface area contributed by atoms with E-state index in [0.717, 1.165) is 17.2 Å². The van der Waals surface area contributed by atoms with Crippen molar-refractivity contribution in [3.63, 3.8) is 0 Å². The Morgan fingerprint density at radius 2 is 1.95 bits per heavy atom. The number of nitrogens with one attached hydrogen (secondary N) is 1. The molecular weight excluding hydrogens is 289 g/mol. The number of hydrogen-bond acceptors (Lipinski definition) is 2. The largest absolute Gasteiger partial charge is 0.433 e. The first kappa shape index (κ1) is 14.7. The molecule has 1 N–H and O–H groups in total. The minimum atomic E-state index is -4.41. The molecule has 1 heterocycles. The molecule has 0 aliphatic heterocycles. The van der Waals surface area contributed by atoms with Gasteiger partial charge in [-0.2, -0.15) is 13.2 Å². The summed E-state index contributed by atoms with van der Waals surface area (Å²) in [6.45, 7) is 2.37. The lowest BCUT2D eigenvalue weighted by Gasteiger charge is -2.09. The van der Waals surface area contributed by atoms with Crippen LogP contribution in [-0.4, -0.2) is 4.98 Å². The van der Waals surface area contributed by atoms with E-state index in [0.29, 0.717) is 17.3 Å². The summed E-state index contributed by atoms with van der Waals surface area (Å²) in [6.07, 6.45) is -3.25. The second kappa shape index (κ2) is 5.71. The van der Waals surface area contributed by atoms with Crippen LogP contribution in [0.4, 0.5) is 18.9 Å². The third-order valence-corrected chi connectivity index (χ3v) is 3.19. The second-order valence-corrected chi connectivity index (χ2v) is 4.77. The van der Waals surface area contributed by atoms with Gasteiger partial charge in [0.25, 0.3) is 0 Å². The molecule has 0 atom stereocenters. The maximum atomic E-state index is 12.4. The molecule has 2 aromatic rings. The van der Waals surface area contributed by atoms with Gasteiger partial charge in [0.05, 0.1) is 11.9 Å². The van der Waals surface area contributed by atoms with E-state index in [1.165, 1.54) is 12.3 Å². The average Bonchev–Trinajstić information content (AvgIpc) is 2.40. The first-order valence-electron chi connectivity index (χ1n) is 5.88. The molecule has 0 radical (unpaired) electrons. The number of aryl methyl sites for hydroxylation is 1. The summed E-state index contributed by atoms with van der Waals surface area (Å²) in [5.41, 5.74) is 1.54. The third kappa shape index (κ3) is 3.63. The van der Waals surface area contributed by atoms with Gasteiger partial charge in [-0.25, -0.2) is 4.98 Å². The van der Waals surface area contributed by atoms with Crippen molar-refractivity contribution in [2.45, 2.75) is 19.6 Å². The van der Waals surface area contributed by atoms with E-state index in [1.807, 2.05) is 25.1 Å². The maximum Gasteiger partial charge on any atom is 0.433 e. The Labute approximate surface area is 119 Å². The van der Waals surface area contributed by atoms with Crippen LogP contribution >= 0.6 is 11.6 Å². The van der Waals surface area contributed by atoms with E-state index in [2.05, 4.69) is 10.3 Å². The lowest BCUT2D eigenvalue weighted by Crippen LogP contribution is -2.08. The molecule has 0 saturated carbocycles. The lowest BCUT2D eigenvalue weighted by atomic mass is 10.1. The quantitative estimate of drug-likeness (QED) is 0.890. The predicted octanol–water partition coefficient (Wildman–Crippen LogP) is 4.67. The van der Waals surface area contributed by atoms with E-state index in [9.17, 15) is 13.2 Å². The molecule has 2 rings (SSSR count). The molecule has 0 spiro atoms. The molecule has 1 aromatic heterocycles. The van der Waals surface area contributed by atoms with Crippen molar-refractivity contribution in [2.75, 3.05) is 5.32 Å². The molecule has 0 unspecified atom stereocenters. The predicted molar refractivity (Wildman–Crippen MR) is 72.8 cm³/mol. The van der Waals surface area contributed by atoms with Gasteiger partial charge < -0.3 is 5.32 Å². The molecule has 1 aromatic carbocycles. The lowest BCUT2D eigenvalue weighted by molar-refractivity contribution is -0.141. The van der Waals surface area contributed by atoms with Crippen LogP contribution in [0.15, 0.2) is 36.5 Å². The van der Waals surface area contributed by atoms with E-state index >= 15 is 0 Å². The molecule has 0 amide bonds. The average molecular weight is 301 g/mol.